The second kappa shape index (κ2) is 6.11. The molecule has 1 aliphatic carbocycles. The van der Waals surface area contributed by atoms with Crippen molar-refractivity contribution in [3.05, 3.63) is 0 Å². The van der Waals surface area contributed by atoms with Gasteiger partial charge in [-0.2, -0.15) is 0 Å². The van der Waals surface area contributed by atoms with Gasteiger partial charge in [0.2, 0.25) is 0 Å². The van der Waals surface area contributed by atoms with Gasteiger partial charge in [0.25, 0.3) is 0 Å². The summed E-state index contributed by atoms with van der Waals surface area (Å²) in [4.78, 5) is 4.55. The van der Waals surface area contributed by atoms with Crippen molar-refractivity contribution < 1.29 is 8.42 Å². The predicted molar refractivity (Wildman–Crippen MR) is 78.1 cm³/mol. The molecule has 19 heavy (non-hydrogen) atoms. The molecule has 1 saturated carbocycles. The Morgan fingerprint density at radius 1 is 1.42 bits per heavy atom. The lowest BCUT2D eigenvalue weighted by Crippen LogP contribution is -2.40. The largest absolute Gasteiger partial charge is 0.356 e. The lowest BCUT2D eigenvalue weighted by molar-refractivity contribution is 0.589. The molecule has 0 bridgehead atoms. The zero-order valence-electron chi connectivity index (χ0n) is 11.9. The zero-order valence-corrected chi connectivity index (χ0v) is 12.7. The van der Waals surface area contributed by atoms with Gasteiger partial charge in [-0.25, -0.2) is 8.42 Å². The van der Waals surface area contributed by atoms with E-state index in [1.54, 1.807) is 0 Å². The van der Waals surface area contributed by atoms with Crippen molar-refractivity contribution in [3.63, 3.8) is 0 Å². The lowest BCUT2D eigenvalue weighted by atomic mass is 10.1. The van der Waals surface area contributed by atoms with E-state index in [1.807, 2.05) is 0 Å². The number of sulfone groups is 1. The van der Waals surface area contributed by atoms with Gasteiger partial charge >= 0.3 is 0 Å². The van der Waals surface area contributed by atoms with E-state index in [2.05, 4.69) is 29.5 Å². The van der Waals surface area contributed by atoms with Crippen molar-refractivity contribution >= 4 is 15.8 Å². The molecule has 2 N–H and O–H groups in total. The molecule has 0 aromatic rings. The van der Waals surface area contributed by atoms with Crippen molar-refractivity contribution in [2.24, 2.45) is 16.8 Å². The van der Waals surface area contributed by atoms with Gasteiger partial charge in [0.1, 0.15) is 0 Å². The average Bonchev–Trinajstić information content (AvgIpc) is 2.92. The minimum atomic E-state index is -2.79. The highest BCUT2D eigenvalue weighted by molar-refractivity contribution is 7.91. The van der Waals surface area contributed by atoms with Gasteiger partial charge in [-0.3, -0.25) is 4.99 Å². The maximum Gasteiger partial charge on any atom is 0.191 e. The first-order chi connectivity index (χ1) is 9.00. The Morgan fingerprint density at radius 2 is 2.16 bits per heavy atom. The highest BCUT2D eigenvalue weighted by Crippen LogP contribution is 2.28. The summed E-state index contributed by atoms with van der Waals surface area (Å²) >= 11 is 0. The quantitative estimate of drug-likeness (QED) is 0.579. The molecule has 0 spiro atoms. The molecular formula is C13H25N3O2S. The van der Waals surface area contributed by atoms with Gasteiger partial charge in [0.15, 0.2) is 15.8 Å². The van der Waals surface area contributed by atoms with Gasteiger partial charge in [-0.1, -0.05) is 13.8 Å². The fourth-order valence-corrected chi connectivity index (χ4v) is 4.18. The van der Waals surface area contributed by atoms with Crippen molar-refractivity contribution in [2.45, 2.75) is 39.2 Å². The number of hydrogen-bond acceptors (Lipinski definition) is 3. The third kappa shape index (κ3) is 4.67. The van der Waals surface area contributed by atoms with Crippen LogP contribution >= 0.6 is 0 Å². The Kier molecular flexibility index (Phi) is 4.71. The predicted octanol–water partition coefficient (Wildman–Crippen LogP) is 0.775. The SMILES string of the molecule is CCCNC(=NCC1CCS(=O)(=O)C1)NC1CC1C. The molecule has 2 aliphatic rings. The van der Waals surface area contributed by atoms with Crippen LogP contribution in [0.4, 0.5) is 0 Å². The van der Waals surface area contributed by atoms with Gasteiger partial charge in [0.05, 0.1) is 11.5 Å². The monoisotopic (exact) mass is 287 g/mol. The number of aliphatic imine (C=N–C) groups is 1. The van der Waals surface area contributed by atoms with Crippen LogP contribution in [0.3, 0.4) is 0 Å². The number of rotatable bonds is 5. The Bertz CT molecular complexity index is 433. The molecule has 3 atom stereocenters. The number of guanidine groups is 1. The molecular weight excluding hydrogens is 262 g/mol. The van der Waals surface area contributed by atoms with Crippen molar-refractivity contribution in [2.75, 3.05) is 24.6 Å². The lowest BCUT2D eigenvalue weighted by Gasteiger charge is -2.12. The first kappa shape index (κ1) is 14.6. The molecule has 0 amide bonds. The second-order valence-electron chi connectivity index (χ2n) is 5.85. The molecule has 0 radical (unpaired) electrons. The smallest absolute Gasteiger partial charge is 0.191 e. The number of hydrogen-bond donors (Lipinski definition) is 2. The average molecular weight is 287 g/mol. The second-order valence-corrected chi connectivity index (χ2v) is 8.08. The normalized spacial score (nSPS) is 33.2. The Morgan fingerprint density at radius 3 is 2.68 bits per heavy atom. The molecule has 110 valence electrons. The summed E-state index contributed by atoms with van der Waals surface area (Å²) in [6.07, 6.45) is 3.01. The summed E-state index contributed by atoms with van der Waals surface area (Å²) in [6.45, 7) is 5.85. The summed E-state index contributed by atoms with van der Waals surface area (Å²) in [5, 5.41) is 6.71. The standard InChI is InChI=1S/C13H25N3O2S/c1-3-5-14-13(16-12-7-10(12)2)15-8-11-4-6-19(17,18)9-11/h10-12H,3-9H2,1-2H3,(H2,14,15,16). The first-order valence-corrected chi connectivity index (χ1v) is 9.07. The Labute approximate surface area is 116 Å². The molecule has 0 aromatic carbocycles. The van der Waals surface area contributed by atoms with Gasteiger partial charge in [-0.15, -0.1) is 0 Å². The van der Waals surface area contributed by atoms with Crippen LogP contribution in [-0.4, -0.2) is 45.0 Å². The van der Waals surface area contributed by atoms with Crippen molar-refractivity contribution in [1.82, 2.24) is 10.6 Å². The van der Waals surface area contributed by atoms with Crippen LogP contribution in [0, 0.1) is 11.8 Å². The maximum atomic E-state index is 11.4. The fraction of sp³-hybridized carbons (Fsp3) is 0.923. The summed E-state index contributed by atoms with van der Waals surface area (Å²) in [5.74, 6) is 2.40. The van der Waals surface area contributed by atoms with E-state index in [4.69, 9.17) is 0 Å². The van der Waals surface area contributed by atoms with Crippen molar-refractivity contribution in [1.29, 1.82) is 0 Å². The van der Waals surface area contributed by atoms with Crippen LogP contribution in [0.15, 0.2) is 4.99 Å². The maximum absolute atomic E-state index is 11.4. The van der Waals surface area contributed by atoms with Gasteiger partial charge < -0.3 is 10.6 Å². The van der Waals surface area contributed by atoms with Crippen LogP contribution in [0.1, 0.15) is 33.1 Å². The van der Waals surface area contributed by atoms with Crippen LogP contribution < -0.4 is 10.6 Å². The van der Waals surface area contributed by atoms with E-state index >= 15 is 0 Å². The highest BCUT2D eigenvalue weighted by Gasteiger charge is 2.33. The van der Waals surface area contributed by atoms with Crippen molar-refractivity contribution in [3.8, 4) is 0 Å². The third-order valence-electron chi connectivity index (χ3n) is 3.81. The topological polar surface area (TPSA) is 70.6 Å². The Hall–Kier alpha value is -0.780. The molecule has 2 rings (SSSR count). The zero-order chi connectivity index (χ0) is 13.9. The summed E-state index contributed by atoms with van der Waals surface area (Å²) < 4.78 is 22.8. The summed E-state index contributed by atoms with van der Waals surface area (Å²) in [6, 6.07) is 0.537. The highest BCUT2D eigenvalue weighted by atomic mass is 32.2. The first-order valence-electron chi connectivity index (χ1n) is 7.25. The van der Waals surface area contributed by atoms with Gasteiger partial charge in [0, 0.05) is 19.1 Å². The van der Waals surface area contributed by atoms with Crippen LogP contribution in [-0.2, 0) is 9.84 Å². The van der Waals surface area contributed by atoms with E-state index < -0.39 is 9.84 Å². The third-order valence-corrected chi connectivity index (χ3v) is 5.65. The van der Waals surface area contributed by atoms with Crippen LogP contribution in [0.25, 0.3) is 0 Å². The number of nitrogens with zero attached hydrogens (tertiary/aromatic N) is 1. The molecule has 1 saturated heterocycles. The van der Waals surface area contributed by atoms with E-state index in [-0.39, 0.29) is 5.92 Å². The van der Waals surface area contributed by atoms with Crippen LogP contribution in [0.5, 0.6) is 0 Å². The molecule has 0 aromatic heterocycles. The summed E-state index contributed by atoms with van der Waals surface area (Å²) in [5.41, 5.74) is 0. The summed E-state index contributed by atoms with van der Waals surface area (Å²) in [7, 11) is -2.79. The number of nitrogens with one attached hydrogen (secondary N) is 2. The van der Waals surface area contributed by atoms with Gasteiger partial charge in [-0.05, 0) is 31.1 Å². The molecule has 1 heterocycles. The molecule has 2 fully saturated rings. The molecule has 6 heteroatoms. The van der Waals surface area contributed by atoms with E-state index in [0.29, 0.717) is 24.1 Å². The van der Waals surface area contributed by atoms with E-state index in [9.17, 15) is 8.42 Å². The minimum absolute atomic E-state index is 0.196. The molecule has 1 aliphatic heterocycles. The molecule has 5 nitrogen and oxygen atoms in total. The molecule has 3 unspecified atom stereocenters. The van der Waals surface area contributed by atoms with Crippen LogP contribution in [0.2, 0.25) is 0 Å². The van der Waals surface area contributed by atoms with E-state index in [0.717, 1.165) is 31.3 Å². The Balaban J connectivity index is 1.84. The minimum Gasteiger partial charge on any atom is -0.356 e. The van der Waals surface area contributed by atoms with E-state index in [1.165, 1.54) is 6.42 Å². The fourth-order valence-electron chi connectivity index (χ4n) is 2.33.